The van der Waals surface area contributed by atoms with E-state index < -0.39 is 0 Å². The predicted octanol–water partition coefficient (Wildman–Crippen LogP) is 3.93. The van der Waals surface area contributed by atoms with Gasteiger partial charge in [-0.1, -0.05) is 24.3 Å². The highest BCUT2D eigenvalue weighted by Crippen LogP contribution is 2.29. The summed E-state index contributed by atoms with van der Waals surface area (Å²) in [6.07, 6.45) is 2.52. The van der Waals surface area contributed by atoms with Crippen molar-refractivity contribution >= 4 is 11.6 Å². The number of hydrogen-bond acceptors (Lipinski definition) is 3. The van der Waals surface area contributed by atoms with Crippen LogP contribution in [0.1, 0.15) is 16.8 Å². The third kappa shape index (κ3) is 3.92. The maximum absolute atomic E-state index is 12.9. The minimum Gasteiger partial charge on any atom is -0.493 e. The van der Waals surface area contributed by atoms with Crippen LogP contribution in [0.25, 0.3) is 0 Å². The highest BCUT2D eigenvalue weighted by molar-refractivity contribution is 6.06. The van der Waals surface area contributed by atoms with Crippen LogP contribution >= 0.6 is 0 Å². The largest absolute Gasteiger partial charge is 0.493 e. The van der Waals surface area contributed by atoms with Crippen LogP contribution in [-0.2, 0) is 0 Å². The van der Waals surface area contributed by atoms with Crippen molar-refractivity contribution < 1.29 is 14.3 Å². The number of anilines is 1. The summed E-state index contributed by atoms with van der Waals surface area (Å²) >= 11 is 0. The molecule has 0 bridgehead atoms. The van der Waals surface area contributed by atoms with Crippen molar-refractivity contribution in [1.82, 2.24) is 0 Å². The molecule has 0 aliphatic rings. The Morgan fingerprint density at radius 2 is 1.78 bits per heavy atom. The van der Waals surface area contributed by atoms with Gasteiger partial charge in [0, 0.05) is 17.8 Å². The standard InChI is InChI=1S/C19H21NO3/c1-4-5-13-20(16-9-7-6-8-10-16)19(21)15-11-12-17(22-2)18(14-15)23-3/h4,6-12,14H,1,5,13H2,2-3H3. The first-order chi connectivity index (χ1) is 11.2. The average Bonchev–Trinajstić information content (AvgIpc) is 2.62. The van der Waals surface area contributed by atoms with Crippen LogP contribution < -0.4 is 14.4 Å². The fraction of sp³-hybridized carbons (Fsp3) is 0.211. The number of carbonyl (C=O) groups excluding carboxylic acids is 1. The van der Waals surface area contributed by atoms with Gasteiger partial charge in [-0.15, -0.1) is 6.58 Å². The van der Waals surface area contributed by atoms with Gasteiger partial charge in [0.25, 0.3) is 5.91 Å². The summed E-state index contributed by atoms with van der Waals surface area (Å²) in [7, 11) is 3.12. The monoisotopic (exact) mass is 311 g/mol. The highest BCUT2D eigenvalue weighted by atomic mass is 16.5. The molecule has 0 radical (unpaired) electrons. The van der Waals surface area contributed by atoms with Crippen LogP contribution in [0.2, 0.25) is 0 Å². The van der Waals surface area contributed by atoms with E-state index in [1.807, 2.05) is 30.3 Å². The van der Waals surface area contributed by atoms with Gasteiger partial charge in [0.2, 0.25) is 0 Å². The zero-order chi connectivity index (χ0) is 16.7. The molecule has 120 valence electrons. The Kier molecular flexibility index (Phi) is 5.80. The molecular formula is C19H21NO3. The Bertz CT molecular complexity index is 668. The summed E-state index contributed by atoms with van der Waals surface area (Å²) in [6.45, 7) is 4.30. The van der Waals surface area contributed by atoms with Gasteiger partial charge in [-0.3, -0.25) is 4.79 Å². The molecule has 4 heteroatoms. The zero-order valence-corrected chi connectivity index (χ0v) is 13.5. The number of para-hydroxylation sites is 1. The summed E-state index contributed by atoms with van der Waals surface area (Å²) in [6, 6.07) is 14.8. The predicted molar refractivity (Wildman–Crippen MR) is 92.5 cm³/mol. The number of carbonyl (C=O) groups is 1. The molecular weight excluding hydrogens is 290 g/mol. The molecule has 0 saturated carbocycles. The average molecular weight is 311 g/mol. The van der Waals surface area contributed by atoms with Gasteiger partial charge in [0.05, 0.1) is 14.2 Å². The molecule has 1 amide bonds. The second-order valence-corrected chi connectivity index (χ2v) is 4.94. The van der Waals surface area contributed by atoms with Crippen molar-refractivity contribution in [2.45, 2.75) is 6.42 Å². The molecule has 0 fully saturated rings. The van der Waals surface area contributed by atoms with E-state index in [-0.39, 0.29) is 5.91 Å². The quantitative estimate of drug-likeness (QED) is 0.727. The molecule has 2 rings (SSSR count). The van der Waals surface area contributed by atoms with Crippen molar-refractivity contribution in [2.24, 2.45) is 0 Å². The topological polar surface area (TPSA) is 38.8 Å². The number of benzene rings is 2. The molecule has 0 aliphatic carbocycles. The minimum atomic E-state index is -0.0843. The van der Waals surface area contributed by atoms with E-state index in [4.69, 9.17) is 9.47 Å². The second-order valence-electron chi connectivity index (χ2n) is 4.94. The lowest BCUT2D eigenvalue weighted by molar-refractivity contribution is 0.0987. The molecule has 0 heterocycles. The molecule has 0 N–H and O–H groups in total. The Labute approximate surface area is 137 Å². The molecule has 0 aliphatic heterocycles. The maximum atomic E-state index is 12.9. The van der Waals surface area contributed by atoms with E-state index in [1.54, 1.807) is 43.4 Å². The molecule has 0 aromatic heterocycles. The van der Waals surface area contributed by atoms with Gasteiger partial charge in [-0.25, -0.2) is 0 Å². The van der Waals surface area contributed by atoms with Crippen molar-refractivity contribution in [3.05, 3.63) is 66.7 Å². The summed E-state index contributed by atoms with van der Waals surface area (Å²) in [4.78, 5) is 14.7. The van der Waals surface area contributed by atoms with Crippen molar-refractivity contribution in [1.29, 1.82) is 0 Å². The first-order valence-corrected chi connectivity index (χ1v) is 7.41. The van der Waals surface area contributed by atoms with Gasteiger partial charge >= 0.3 is 0 Å². The Morgan fingerprint density at radius 1 is 1.09 bits per heavy atom. The normalized spacial score (nSPS) is 10.0. The summed E-state index contributed by atoms with van der Waals surface area (Å²) in [5, 5.41) is 0. The Balaban J connectivity index is 2.35. The molecule has 23 heavy (non-hydrogen) atoms. The number of amides is 1. The smallest absolute Gasteiger partial charge is 0.258 e. The van der Waals surface area contributed by atoms with E-state index in [0.717, 1.165) is 5.69 Å². The van der Waals surface area contributed by atoms with E-state index in [2.05, 4.69) is 6.58 Å². The highest BCUT2D eigenvalue weighted by Gasteiger charge is 2.18. The van der Waals surface area contributed by atoms with Crippen LogP contribution in [0.5, 0.6) is 11.5 Å². The zero-order valence-electron chi connectivity index (χ0n) is 13.5. The fourth-order valence-electron chi connectivity index (χ4n) is 2.30. The van der Waals surface area contributed by atoms with Crippen LogP contribution in [-0.4, -0.2) is 26.7 Å². The molecule has 0 saturated heterocycles. The van der Waals surface area contributed by atoms with Crippen molar-refractivity contribution in [2.75, 3.05) is 25.7 Å². The van der Waals surface area contributed by atoms with Crippen LogP contribution in [0, 0.1) is 0 Å². The first kappa shape index (κ1) is 16.6. The Morgan fingerprint density at radius 3 is 2.39 bits per heavy atom. The van der Waals surface area contributed by atoms with Crippen LogP contribution in [0.15, 0.2) is 61.2 Å². The number of hydrogen-bond donors (Lipinski definition) is 0. The summed E-state index contributed by atoms with van der Waals surface area (Å²) in [5.41, 5.74) is 1.41. The number of methoxy groups -OCH3 is 2. The molecule has 2 aromatic rings. The van der Waals surface area contributed by atoms with Gasteiger partial charge < -0.3 is 14.4 Å². The van der Waals surface area contributed by atoms with Gasteiger partial charge in [0.15, 0.2) is 11.5 Å². The molecule has 0 unspecified atom stereocenters. The molecule has 4 nitrogen and oxygen atoms in total. The van der Waals surface area contributed by atoms with Crippen molar-refractivity contribution in [3.63, 3.8) is 0 Å². The van der Waals surface area contributed by atoms with E-state index in [9.17, 15) is 4.79 Å². The molecule has 2 aromatic carbocycles. The third-order valence-corrected chi connectivity index (χ3v) is 3.50. The second kappa shape index (κ2) is 8.03. The van der Waals surface area contributed by atoms with Gasteiger partial charge in [-0.2, -0.15) is 0 Å². The van der Waals surface area contributed by atoms with Crippen LogP contribution in [0.3, 0.4) is 0 Å². The summed E-state index contributed by atoms with van der Waals surface area (Å²) < 4.78 is 10.5. The lowest BCUT2D eigenvalue weighted by atomic mass is 10.1. The Hall–Kier alpha value is -2.75. The first-order valence-electron chi connectivity index (χ1n) is 7.41. The number of nitrogens with zero attached hydrogens (tertiary/aromatic N) is 1. The lowest BCUT2D eigenvalue weighted by Gasteiger charge is -2.23. The van der Waals surface area contributed by atoms with E-state index in [1.165, 1.54) is 0 Å². The van der Waals surface area contributed by atoms with Gasteiger partial charge in [-0.05, 0) is 36.8 Å². The SMILES string of the molecule is C=CCCN(C(=O)c1ccc(OC)c(OC)c1)c1ccccc1. The van der Waals surface area contributed by atoms with Crippen LogP contribution in [0.4, 0.5) is 5.69 Å². The number of ether oxygens (including phenoxy) is 2. The fourth-order valence-corrected chi connectivity index (χ4v) is 2.30. The van der Waals surface area contributed by atoms with Gasteiger partial charge in [0.1, 0.15) is 0 Å². The van der Waals surface area contributed by atoms with Crippen molar-refractivity contribution in [3.8, 4) is 11.5 Å². The molecule has 0 spiro atoms. The van der Waals surface area contributed by atoms with E-state index in [0.29, 0.717) is 30.0 Å². The van der Waals surface area contributed by atoms with E-state index >= 15 is 0 Å². The maximum Gasteiger partial charge on any atom is 0.258 e. The number of rotatable bonds is 7. The minimum absolute atomic E-state index is 0.0843. The lowest BCUT2D eigenvalue weighted by Crippen LogP contribution is -2.31. The molecule has 0 atom stereocenters. The third-order valence-electron chi connectivity index (χ3n) is 3.50. The summed E-state index contributed by atoms with van der Waals surface area (Å²) in [5.74, 6) is 1.05.